The molecule has 0 aromatic heterocycles. The second-order valence-corrected chi connectivity index (χ2v) is 8.63. The van der Waals surface area contributed by atoms with Crippen LogP contribution in [0.25, 0.3) is 0 Å². The van der Waals surface area contributed by atoms with Crippen molar-refractivity contribution in [2.45, 2.75) is 85.2 Å². The lowest BCUT2D eigenvalue weighted by Crippen LogP contribution is -2.39. The zero-order valence-corrected chi connectivity index (χ0v) is 18.5. The zero-order valence-electron chi connectivity index (χ0n) is 18.5. The summed E-state index contributed by atoms with van der Waals surface area (Å²) in [5.41, 5.74) is 0.826. The Labute approximate surface area is 174 Å². The number of hydrogen-bond donors (Lipinski definition) is 3. The van der Waals surface area contributed by atoms with Crippen molar-refractivity contribution in [2.75, 3.05) is 0 Å². The molecule has 0 aromatic carbocycles. The lowest BCUT2D eigenvalue weighted by molar-refractivity contribution is -0.160. The second-order valence-electron chi connectivity index (χ2n) is 8.63. The molecule has 1 heterocycles. The number of cyclic esters (lactones) is 1. The molecule has 0 fully saturated rings. The molecule has 0 aromatic rings. The molecule has 166 valence electrons. The number of ether oxygens (including phenoxy) is 1. The zero-order chi connectivity index (χ0) is 22.3. The number of aliphatic hydroxyl groups is 3. The Morgan fingerprint density at radius 3 is 2.34 bits per heavy atom. The quantitative estimate of drug-likeness (QED) is 0.605. The maximum absolute atomic E-state index is 12.5. The summed E-state index contributed by atoms with van der Waals surface area (Å²) < 4.78 is 5.45. The largest absolute Gasteiger partial charge is 0.459 e. The van der Waals surface area contributed by atoms with Gasteiger partial charge in [0.15, 0.2) is 5.78 Å². The number of carbonyl (C=O) groups excluding carboxylic acids is 2. The monoisotopic (exact) mass is 410 g/mol. The van der Waals surface area contributed by atoms with E-state index in [-0.39, 0.29) is 30.0 Å². The summed E-state index contributed by atoms with van der Waals surface area (Å²) in [6, 6.07) is 0. The lowest BCUT2D eigenvalue weighted by atomic mass is 9.80. The highest BCUT2D eigenvalue weighted by Crippen LogP contribution is 2.28. The van der Waals surface area contributed by atoms with Crippen molar-refractivity contribution in [3.8, 4) is 0 Å². The van der Waals surface area contributed by atoms with Crippen molar-refractivity contribution < 1.29 is 29.6 Å². The SMILES string of the molecule is CCC1CC(C)C(=O)/C=C/C(C)=C/C(C)C(C(C)O)OC(=O)CC(O)C(C)C1O. The topological polar surface area (TPSA) is 104 Å². The predicted molar refractivity (Wildman–Crippen MR) is 112 cm³/mol. The highest BCUT2D eigenvalue weighted by molar-refractivity contribution is 5.91. The standard InChI is InChI=1S/C23H38O6/c1-7-18-11-14(3)19(25)9-8-13(2)10-15(4)23(17(6)24)29-21(27)12-20(26)16(5)22(18)28/h8-10,14-18,20,22-24,26,28H,7,11-12H2,1-6H3/b9-8+,13-10+. The molecule has 0 spiro atoms. The van der Waals surface area contributed by atoms with E-state index in [1.165, 1.54) is 6.08 Å². The van der Waals surface area contributed by atoms with Crippen LogP contribution in [0.15, 0.2) is 23.8 Å². The maximum Gasteiger partial charge on any atom is 0.308 e. The van der Waals surface area contributed by atoms with Gasteiger partial charge in [0.2, 0.25) is 0 Å². The predicted octanol–water partition coefficient (Wildman–Crippen LogP) is 2.80. The van der Waals surface area contributed by atoms with E-state index in [9.17, 15) is 24.9 Å². The van der Waals surface area contributed by atoms with Crippen LogP contribution in [0, 0.1) is 23.7 Å². The lowest BCUT2D eigenvalue weighted by Gasteiger charge is -2.31. The van der Waals surface area contributed by atoms with Crippen molar-refractivity contribution >= 4 is 11.8 Å². The molecule has 0 saturated heterocycles. The van der Waals surface area contributed by atoms with Crippen LogP contribution in [0.4, 0.5) is 0 Å². The molecule has 8 unspecified atom stereocenters. The third kappa shape index (κ3) is 7.68. The molecule has 6 nitrogen and oxygen atoms in total. The molecule has 1 aliphatic rings. The number of carbonyl (C=O) groups is 2. The van der Waals surface area contributed by atoms with Gasteiger partial charge in [0, 0.05) is 17.8 Å². The molecule has 3 N–H and O–H groups in total. The Morgan fingerprint density at radius 1 is 1.17 bits per heavy atom. The van der Waals surface area contributed by atoms with Crippen molar-refractivity contribution in [3.63, 3.8) is 0 Å². The molecule has 0 aliphatic carbocycles. The fourth-order valence-corrected chi connectivity index (χ4v) is 3.92. The van der Waals surface area contributed by atoms with Gasteiger partial charge in [-0.2, -0.15) is 0 Å². The van der Waals surface area contributed by atoms with Crippen LogP contribution in [0.3, 0.4) is 0 Å². The van der Waals surface area contributed by atoms with E-state index in [1.807, 2.05) is 33.8 Å². The maximum atomic E-state index is 12.5. The Morgan fingerprint density at radius 2 is 1.79 bits per heavy atom. The molecular formula is C23H38O6. The number of hydrogen-bond acceptors (Lipinski definition) is 6. The van der Waals surface area contributed by atoms with E-state index in [1.54, 1.807) is 19.9 Å². The summed E-state index contributed by atoms with van der Waals surface area (Å²) in [6.45, 7) is 10.7. The van der Waals surface area contributed by atoms with Gasteiger partial charge in [0.1, 0.15) is 6.10 Å². The van der Waals surface area contributed by atoms with Gasteiger partial charge in [-0.05, 0) is 32.3 Å². The van der Waals surface area contributed by atoms with E-state index in [2.05, 4.69) is 0 Å². The number of aliphatic hydroxyl groups excluding tert-OH is 3. The van der Waals surface area contributed by atoms with Crippen LogP contribution >= 0.6 is 0 Å². The molecule has 29 heavy (non-hydrogen) atoms. The minimum absolute atomic E-state index is 0.0187. The van der Waals surface area contributed by atoms with Gasteiger partial charge in [-0.15, -0.1) is 0 Å². The third-order valence-corrected chi connectivity index (χ3v) is 5.97. The summed E-state index contributed by atoms with van der Waals surface area (Å²) in [4.78, 5) is 24.9. The van der Waals surface area contributed by atoms with Crippen LogP contribution in [0.5, 0.6) is 0 Å². The smallest absolute Gasteiger partial charge is 0.308 e. The Kier molecular flexibility index (Phi) is 10.2. The van der Waals surface area contributed by atoms with E-state index >= 15 is 0 Å². The molecule has 0 radical (unpaired) electrons. The van der Waals surface area contributed by atoms with Crippen molar-refractivity contribution in [2.24, 2.45) is 23.7 Å². The normalized spacial score (nSPS) is 39.9. The molecule has 8 atom stereocenters. The fraction of sp³-hybridized carbons (Fsp3) is 0.739. The third-order valence-electron chi connectivity index (χ3n) is 5.97. The van der Waals surface area contributed by atoms with Crippen molar-refractivity contribution in [1.29, 1.82) is 0 Å². The molecular weight excluding hydrogens is 372 g/mol. The molecule has 6 heteroatoms. The molecule has 0 bridgehead atoms. The van der Waals surface area contributed by atoms with E-state index < -0.39 is 36.3 Å². The average Bonchev–Trinajstić information content (AvgIpc) is 2.65. The Balaban J connectivity index is 3.23. The fourth-order valence-electron chi connectivity index (χ4n) is 3.92. The number of rotatable bonds is 2. The minimum Gasteiger partial charge on any atom is -0.459 e. The Bertz CT molecular complexity index is 608. The summed E-state index contributed by atoms with van der Waals surface area (Å²) in [5, 5.41) is 31.3. The molecule has 0 saturated carbocycles. The van der Waals surface area contributed by atoms with Crippen molar-refractivity contribution in [1.82, 2.24) is 0 Å². The summed E-state index contributed by atoms with van der Waals surface area (Å²) in [5.74, 6) is -1.90. The van der Waals surface area contributed by atoms with Gasteiger partial charge >= 0.3 is 5.97 Å². The van der Waals surface area contributed by atoms with Crippen LogP contribution in [0.1, 0.15) is 60.8 Å². The number of allylic oxidation sites excluding steroid dienone is 3. The van der Waals surface area contributed by atoms with Crippen LogP contribution in [-0.2, 0) is 14.3 Å². The van der Waals surface area contributed by atoms with Crippen molar-refractivity contribution in [3.05, 3.63) is 23.8 Å². The van der Waals surface area contributed by atoms with Crippen LogP contribution in [-0.4, -0.2) is 51.5 Å². The van der Waals surface area contributed by atoms with Gasteiger partial charge in [0.05, 0.1) is 24.7 Å². The first-order valence-corrected chi connectivity index (χ1v) is 10.6. The summed E-state index contributed by atoms with van der Waals surface area (Å²) in [6.07, 6.45) is 2.43. The Hall–Kier alpha value is -1.50. The van der Waals surface area contributed by atoms with Gasteiger partial charge in [-0.1, -0.05) is 51.8 Å². The minimum atomic E-state index is -1.08. The van der Waals surface area contributed by atoms with Crippen LogP contribution in [0.2, 0.25) is 0 Å². The first-order valence-electron chi connectivity index (χ1n) is 10.6. The average molecular weight is 411 g/mol. The summed E-state index contributed by atoms with van der Waals surface area (Å²) >= 11 is 0. The number of esters is 1. The van der Waals surface area contributed by atoms with Gasteiger partial charge in [-0.25, -0.2) is 0 Å². The highest BCUT2D eigenvalue weighted by atomic mass is 16.6. The molecule has 1 aliphatic heterocycles. The second kappa shape index (κ2) is 11.6. The van der Waals surface area contributed by atoms with Crippen LogP contribution < -0.4 is 0 Å². The highest BCUT2D eigenvalue weighted by Gasteiger charge is 2.33. The first-order chi connectivity index (χ1) is 13.5. The summed E-state index contributed by atoms with van der Waals surface area (Å²) in [7, 11) is 0. The molecule has 0 amide bonds. The van der Waals surface area contributed by atoms with E-state index in [0.29, 0.717) is 12.8 Å². The van der Waals surface area contributed by atoms with E-state index in [4.69, 9.17) is 4.74 Å². The molecule has 1 rings (SSSR count). The number of ketones is 1. The first kappa shape index (κ1) is 25.5. The van der Waals surface area contributed by atoms with Gasteiger partial charge < -0.3 is 20.1 Å². The van der Waals surface area contributed by atoms with Gasteiger partial charge in [-0.3, -0.25) is 9.59 Å². The van der Waals surface area contributed by atoms with E-state index in [0.717, 1.165) is 5.57 Å². The van der Waals surface area contributed by atoms with Gasteiger partial charge in [0.25, 0.3) is 0 Å².